The van der Waals surface area contributed by atoms with Crippen LogP contribution in [0.3, 0.4) is 0 Å². The minimum absolute atomic E-state index is 0.0657. The highest BCUT2D eigenvalue weighted by molar-refractivity contribution is 5.72. The van der Waals surface area contributed by atoms with Crippen LogP contribution in [0.25, 0.3) is 22.3 Å². The van der Waals surface area contributed by atoms with Gasteiger partial charge in [-0.15, -0.1) is 0 Å². The molecule has 0 bridgehead atoms. The maximum Gasteiger partial charge on any atom is 0.417 e. The van der Waals surface area contributed by atoms with Gasteiger partial charge in [0.2, 0.25) is 0 Å². The fourth-order valence-electron chi connectivity index (χ4n) is 4.28. The number of nitrogens with one attached hydrogen (secondary N) is 2. The van der Waals surface area contributed by atoms with Crippen molar-refractivity contribution in [3.05, 3.63) is 64.2 Å². The van der Waals surface area contributed by atoms with E-state index in [0.717, 1.165) is 25.5 Å². The highest BCUT2D eigenvalue weighted by Gasteiger charge is 2.34. The highest BCUT2D eigenvalue weighted by atomic mass is 19.4. The largest absolute Gasteiger partial charge is 0.417 e. The summed E-state index contributed by atoms with van der Waals surface area (Å²) in [4.78, 5) is 29.2. The van der Waals surface area contributed by atoms with E-state index in [-0.39, 0.29) is 17.2 Å². The number of hydrogen-bond donors (Lipinski definition) is 2. The Bertz CT molecular complexity index is 1340. The predicted molar refractivity (Wildman–Crippen MR) is 111 cm³/mol. The van der Waals surface area contributed by atoms with E-state index in [1.807, 2.05) is 0 Å². The second-order valence-electron chi connectivity index (χ2n) is 7.87. The van der Waals surface area contributed by atoms with Crippen molar-refractivity contribution >= 4 is 11.0 Å². The Hall–Kier alpha value is -3.47. The lowest BCUT2D eigenvalue weighted by Gasteiger charge is -2.22. The fourth-order valence-corrected chi connectivity index (χ4v) is 4.28. The lowest BCUT2D eigenvalue weighted by Crippen LogP contribution is -2.26. The van der Waals surface area contributed by atoms with Gasteiger partial charge in [0.15, 0.2) is 5.65 Å². The normalized spacial score (nSPS) is 17.4. The summed E-state index contributed by atoms with van der Waals surface area (Å²) >= 11 is 0. The van der Waals surface area contributed by atoms with Crippen molar-refractivity contribution in [1.29, 1.82) is 0 Å². The monoisotopic (exact) mass is 443 g/mol. The van der Waals surface area contributed by atoms with Crippen molar-refractivity contribution in [3.8, 4) is 11.3 Å². The van der Waals surface area contributed by atoms with Gasteiger partial charge in [-0.3, -0.25) is 14.4 Å². The Morgan fingerprint density at radius 2 is 2.00 bits per heavy atom. The number of aromatic nitrogens is 6. The SMILES string of the molecule is Cn1ncc2c(=O)[nH]c(CN3CCCC3c3ncc(-c4ccccc4C(F)(F)F)[nH]3)nc21. The summed E-state index contributed by atoms with van der Waals surface area (Å²) in [6, 6.07) is 5.33. The number of H-pyrrole nitrogens is 2. The summed E-state index contributed by atoms with van der Waals surface area (Å²) < 4.78 is 41.8. The number of halogens is 3. The van der Waals surface area contributed by atoms with E-state index in [2.05, 4.69) is 29.9 Å². The molecule has 1 aromatic carbocycles. The number of aromatic amines is 2. The zero-order valence-corrected chi connectivity index (χ0v) is 17.1. The van der Waals surface area contributed by atoms with Crippen LogP contribution in [0.4, 0.5) is 13.2 Å². The highest BCUT2D eigenvalue weighted by Crippen LogP contribution is 2.37. The van der Waals surface area contributed by atoms with Gasteiger partial charge in [0, 0.05) is 12.6 Å². The summed E-state index contributed by atoms with van der Waals surface area (Å²) in [7, 11) is 1.72. The first-order valence-corrected chi connectivity index (χ1v) is 10.2. The minimum atomic E-state index is -4.46. The van der Waals surface area contributed by atoms with Crippen molar-refractivity contribution in [2.75, 3.05) is 6.54 Å². The van der Waals surface area contributed by atoms with Crippen LogP contribution in [-0.4, -0.2) is 41.2 Å². The maximum absolute atomic E-state index is 13.4. The van der Waals surface area contributed by atoms with E-state index in [9.17, 15) is 18.0 Å². The maximum atomic E-state index is 13.4. The van der Waals surface area contributed by atoms with Gasteiger partial charge in [-0.25, -0.2) is 9.97 Å². The van der Waals surface area contributed by atoms with E-state index >= 15 is 0 Å². The average Bonchev–Trinajstić information content (AvgIpc) is 3.48. The van der Waals surface area contributed by atoms with Crippen LogP contribution in [0.15, 0.2) is 41.5 Å². The minimum Gasteiger partial charge on any atom is -0.341 e. The summed E-state index contributed by atoms with van der Waals surface area (Å²) in [6.07, 6.45) is 0.165. The third kappa shape index (κ3) is 3.58. The van der Waals surface area contributed by atoms with Crippen molar-refractivity contribution in [3.63, 3.8) is 0 Å². The average molecular weight is 443 g/mol. The zero-order chi connectivity index (χ0) is 22.5. The number of hydrogen-bond acceptors (Lipinski definition) is 5. The number of benzene rings is 1. The van der Waals surface area contributed by atoms with Crippen molar-refractivity contribution < 1.29 is 13.2 Å². The molecule has 0 aliphatic carbocycles. The Balaban J connectivity index is 1.43. The van der Waals surface area contributed by atoms with Gasteiger partial charge >= 0.3 is 6.18 Å². The summed E-state index contributed by atoms with van der Waals surface area (Å²) in [6.45, 7) is 1.14. The number of alkyl halides is 3. The number of nitrogens with zero attached hydrogens (tertiary/aromatic N) is 5. The van der Waals surface area contributed by atoms with Crippen LogP contribution < -0.4 is 5.56 Å². The smallest absolute Gasteiger partial charge is 0.341 e. The molecule has 11 heteroatoms. The molecule has 8 nitrogen and oxygen atoms in total. The molecule has 1 unspecified atom stereocenters. The van der Waals surface area contributed by atoms with Gasteiger partial charge in [0.1, 0.15) is 17.0 Å². The lowest BCUT2D eigenvalue weighted by molar-refractivity contribution is -0.137. The number of likely N-dealkylation sites (tertiary alicyclic amines) is 1. The third-order valence-corrected chi connectivity index (χ3v) is 5.80. The van der Waals surface area contributed by atoms with Crippen molar-refractivity contribution in [1.82, 2.24) is 34.6 Å². The van der Waals surface area contributed by atoms with E-state index in [4.69, 9.17) is 0 Å². The molecular weight excluding hydrogens is 423 g/mol. The second-order valence-corrected chi connectivity index (χ2v) is 7.87. The molecule has 1 atom stereocenters. The Morgan fingerprint density at radius 3 is 2.81 bits per heavy atom. The van der Waals surface area contributed by atoms with Crippen molar-refractivity contribution in [2.24, 2.45) is 7.05 Å². The molecule has 1 saturated heterocycles. The van der Waals surface area contributed by atoms with Gasteiger partial charge in [0.05, 0.1) is 36.2 Å². The third-order valence-electron chi connectivity index (χ3n) is 5.80. The first-order valence-electron chi connectivity index (χ1n) is 10.2. The number of fused-ring (bicyclic) bond motifs is 1. The van der Waals surface area contributed by atoms with Crippen LogP contribution in [0.2, 0.25) is 0 Å². The molecule has 0 spiro atoms. The standard InChI is InChI=1S/C21H20F3N7O/c1-30-19-13(9-26-30)20(32)29-17(28-19)11-31-8-4-7-16(31)18-25-10-15(27-18)12-5-2-3-6-14(12)21(22,23)24/h2-3,5-6,9-10,16H,4,7-8,11H2,1H3,(H,25,27)(H,28,29,32). The van der Waals surface area contributed by atoms with Gasteiger partial charge in [0.25, 0.3) is 5.56 Å². The summed E-state index contributed by atoms with van der Waals surface area (Å²) in [5.74, 6) is 1.10. The van der Waals surface area contributed by atoms with Crippen LogP contribution in [0.5, 0.6) is 0 Å². The van der Waals surface area contributed by atoms with Gasteiger partial charge in [-0.05, 0) is 25.5 Å². The number of rotatable bonds is 4. The fraction of sp³-hybridized carbons (Fsp3) is 0.333. The van der Waals surface area contributed by atoms with Crippen LogP contribution in [0.1, 0.15) is 36.1 Å². The molecule has 3 aromatic heterocycles. The first-order chi connectivity index (χ1) is 15.3. The van der Waals surface area contributed by atoms with Crippen LogP contribution in [0, 0.1) is 0 Å². The predicted octanol–water partition coefficient (Wildman–Crippen LogP) is 3.40. The summed E-state index contributed by atoms with van der Waals surface area (Å²) in [5.41, 5.74) is -0.0651. The molecule has 5 rings (SSSR count). The molecule has 1 aliphatic rings. The second kappa shape index (κ2) is 7.59. The van der Waals surface area contributed by atoms with Gasteiger partial charge in [-0.1, -0.05) is 18.2 Å². The Morgan fingerprint density at radius 1 is 1.19 bits per heavy atom. The van der Waals surface area contributed by atoms with Crippen molar-refractivity contribution in [2.45, 2.75) is 31.6 Å². The zero-order valence-electron chi connectivity index (χ0n) is 17.1. The molecule has 4 heterocycles. The molecule has 32 heavy (non-hydrogen) atoms. The topological polar surface area (TPSA) is 95.5 Å². The van der Waals surface area contributed by atoms with E-state index in [1.165, 1.54) is 24.5 Å². The molecule has 2 N–H and O–H groups in total. The molecule has 166 valence electrons. The number of aryl methyl sites for hydroxylation is 1. The van der Waals surface area contributed by atoms with E-state index in [1.54, 1.807) is 17.8 Å². The first kappa shape index (κ1) is 20.4. The number of imidazole rings is 1. The van der Waals surface area contributed by atoms with E-state index in [0.29, 0.717) is 34.9 Å². The molecule has 0 amide bonds. The Kier molecular flexibility index (Phi) is 4.85. The van der Waals surface area contributed by atoms with E-state index < -0.39 is 11.7 Å². The van der Waals surface area contributed by atoms with Crippen LogP contribution >= 0.6 is 0 Å². The molecule has 0 saturated carbocycles. The molecule has 4 aromatic rings. The van der Waals surface area contributed by atoms with Crippen LogP contribution in [-0.2, 0) is 19.8 Å². The molecule has 1 aliphatic heterocycles. The lowest BCUT2D eigenvalue weighted by atomic mass is 10.0. The van der Waals surface area contributed by atoms with Gasteiger partial charge in [-0.2, -0.15) is 18.3 Å². The Labute approximate surface area is 180 Å². The molecular formula is C21H20F3N7O. The van der Waals surface area contributed by atoms with Gasteiger partial charge < -0.3 is 9.97 Å². The quantitative estimate of drug-likeness (QED) is 0.504. The molecule has 0 radical (unpaired) electrons. The summed E-state index contributed by atoms with van der Waals surface area (Å²) in [5, 5.41) is 4.50. The molecule has 1 fully saturated rings.